The van der Waals surface area contributed by atoms with Gasteiger partial charge in [0, 0.05) is 0 Å². The predicted molar refractivity (Wildman–Crippen MR) is 76.6 cm³/mol. The van der Waals surface area contributed by atoms with Crippen LogP contribution in [0.1, 0.15) is 5.56 Å². The zero-order valence-electron chi connectivity index (χ0n) is 11.0. The van der Waals surface area contributed by atoms with E-state index >= 15 is 0 Å². The molecule has 0 saturated carbocycles. The molecule has 0 bridgehead atoms. The molecule has 0 aliphatic heterocycles. The van der Waals surface area contributed by atoms with Gasteiger partial charge in [0.25, 0.3) is 0 Å². The summed E-state index contributed by atoms with van der Waals surface area (Å²) >= 11 is 0. The van der Waals surface area contributed by atoms with Crippen LogP contribution in [-0.2, 0) is 6.42 Å². The number of rotatable bonds is 5. The molecule has 1 atom stereocenters. The summed E-state index contributed by atoms with van der Waals surface area (Å²) in [5, 5.41) is 12.0. The number of ether oxygens (including phenoxy) is 1. The molecule has 2 N–H and O–H groups in total. The standard InChI is InChI=1S/C16H17NO3/c18-12-14(11-13-7-3-1-4-8-13)17-16(19)20-15-9-5-2-6-10-15/h1-10,14,18H,11-12H2,(H,17,19)/t14-/m1/s1. The van der Waals surface area contributed by atoms with Gasteiger partial charge < -0.3 is 15.2 Å². The topological polar surface area (TPSA) is 58.6 Å². The second kappa shape index (κ2) is 7.31. The molecule has 0 aromatic heterocycles. The average molecular weight is 271 g/mol. The highest BCUT2D eigenvalue weighted by atomic mass is 16.6. The minimum Gasteiger partial charge on any atom is -0.410 e. The van der Waals surface area contributed by atoms with Crippen molar-refractivity contribution in [3.05, 3.63) is 66.2 Å². The second-order valence-corrected chi connectivity index (χ2v) is 4.42. The summed E-state index contributed by atoms with van der Waals surface area (Å²) in [5.74, 6) is 0.474. The molecule has 0 spiro atoms. The molecule has 104 valence electrons. The van der Waals surface area contributed by atoms with E-state index in [-0.39, 0.29) is 12.6 Å². The van der Waals surface area contributed by atoms with E-state index in [9.17, 15) is 9.90 Å². The first kappa shape index (κ1) is 14.1. The molecule has 4 nitrogen and oxygen atoms in total. The van der Waals surface area contributed by atoms with E-state index < -0.39 is 6.09 Å². The van der Waals surface area contributed by atoms with Crippen molar-refractivity contribution in [2.45, 2.75) is 12.5 Å². The fraction of sp³-hybridized carbons (Fsp3) is 0.188. The zero-order chi connectivity index (χ0) is 14.2. The summed E-state index contributed by atoms with van der Waals surface area (Å²) in [6.45, 7) is -0.140. The molecule has 2 aromatic carbocycles. The maximum absolute atomic E-state index is 11.7. The minimum absolute atomic E-state index is 0.140. The predicted octanol–water partition coefficient (Wildman–Crippen LogP) is 2.38. The number of carbonyl (C=O) groups is 1. The number of aliphatic hydroxyl groups excluding tert-OH is 1. The van der Waals surface area contributed by atoms with Crippen molar-refractivity contribution in [3.63, 3.8) is 0 Å². The van der Waals surface area contributed by atoms with E-state index in [1.54, 1.807) is 24.3 Å². The molecule has 2 aromatic rings. The van der Waals surface area contributed by atoms with Crippen molar-refractivity contribution in [2.75, 3.05) is 6.61 Å². The third-order valence-corrected chi connectivity index (χ3v) is 2.82. The molecule has 0 aliphatic rings. The van der Waals surface area contributed by atoms with Crippen LogP contribution in [0.3, 0.4) is 0 Å². The molecule has 20 heavy (non-hydrogen) atoms. The number of aliphatic hydroxyl groups is 1. The SMILES string of the molecule is O=C(N[C@@H](CO)Cc1ccccc1)Oc1ccccc1. The van der Waals surface area contributed by atoms with Gasteiger partial charge in [0.05, 0.1) is 12.6 Å². The maximum Gasteiger partial charge on any atom is 0.412 e. The van der Waals surface area contributed by atoms with Crippen LogP contribution < -0.4 is 10.1 Å². The number of hydrogen-bond donors (Lipinski definition) is 2. The third-order valence-electron chi connectivity index (χ3n) is 2.82. The van der Waals surface area contributed by atoms with Crippen molar-refractivity contribution >= 4 is 6.09 Å². The largest absolute Gasteiger partial charge is 0.412 e. The normalized spacial score (nSPS) is 11.7. The Kier molecular flexibility index (Phi) is 5.15. The van der Waals surface area contributed by atoms with Gasteiger partial charge in [0.1, 0.15) is 5.75 Å². The van der Waals surface area contributed by atoms with Crippen LogP contribution in [0, 0.1) is 0 Å². The molecule has 0 saturated heterocycles. The monoisotopic (exact) mass is 271 g/mol. The van der Waals surface area contributed by atoms with E-state index in [0.29, 0.717) is 12.2 Å². The van der Waals surface area contributed by atoms with Gasteiger partial charge in [0.15, 0.2) is 0 Å². The maximum atomic E-state index is 11.7. The second-order valence-electron chi connectivity index (χ2n) is 4.42. The Bertz CT molecular complexity index is 528. The van der Waals surface area contributed by atoms with Crippen molar-refractivity contribution in [3.8, 4) is 5.75 Å². The lowest BCUT2D eigenvalue weighted by molar-refractivity contribution is 0.182. The molecule has 1 amide bonds. The fourth-order valence-electron chi connectivity index (χ4n) is 1.85. The highest BCUT2D eigenvalue weighted by molar-refractivity contribution is 5.70. The summed E-state index contributed by atoms with van der Waals surface area (Å²) in [6, 6.07) is 18.1. The number of hydrogen-bond acceptors (Lipinski definition) is 3. The first-order valence-corrected chi connectivity index (χ1v) is 6.46. The van der Waals surface area contributed by atoms with Crippen LogP contribution >= 0.6 is 0 Å². The van der Waals surface area contributed by atoms with Crippen LogP contribution in [0.15, 0.2) is 60.7 Å². The summed E-state index contributed by atoms with van der Waals surface area (Å²) in [6.07, 6.45) is -0.00695. The van der Waals surface area contributed by atoms with E-state index in [1.807, 2.05) is 36.4 Å². The first-order chi connectivity index (χ1) is 9.78. The lowest BCUT2D eigenvalue weighted by Gasteiger charge is -2.16. The Morgan fingerprint density at radius 1 is 1.05 bits per heavy atom. The smallest absolute Gasteiger partial charge is 0.410 e. The molecule has 0 aliphatic carbocycles. The van der Waals surface area contributed by atoms with Gasteiger partial charge in [-0.15, -0.1) is 0 Å². The van der Waals surface area contributed by atoms with Gasteiger partial charge in [-0.05, 0) is 24.1 Å². The molecule has 0 radical (unpaired) electrons. The van der Waals surface area contributed by atoms with Gasteiger partial charge in [-0.3, -0.25) is 0 Å². The van der Waals surface area contributed by atoms with E-state index in [0.717, 1.165) is 5.56 Å². The van der Waals surface area contributed by atoms with Crippen molar-refractivity contribution in [1.29, 1.82) is 0 Å². The van der Waals surface area contributed by atoms with E-state index in [2.05, 4.69) is 5.32 Å². The van der Waals surface area contributed by atoms with Gasteiger partial charge in [-0.25, -0.2) is 4.79 Å². The summed E-state index contributed by atoms with van der Waals surface area (Å²) in [7, 11) is 0. The van der Waals surface area contributed by atoms with Crippen LogP contribution in [0.5, 0.6) is 5.75 Å². The Hall–Kier alpha value is -2.33. The first-order valence-electron chi connectivity index (χ1n) is 6.46. The third kappa shape index (κ3) is 4.40. The highest BCUT2D eigenvalue weighted by Gasteiger charge is 2.13. The molecule has 0 unspecified atom stereocenters. The lowest BCUT2D eigenvalue weighted by Crippen LogP contribution is -2.40. The van der Waals surface area contributed by atoms with Gasteiger partial charge in [-0.2, -0.15) is 0 Å². The quantitative estimate of drug-likeness (QED) is 0.877. The van der Waals surface area contributed by atoms with Crippen LogP contribution in [0.2, 0.25) is 0 Å². The Morgan fingerprint density at radius 3 is 2.25 bits per heavy atom. The molecule has 0 fully saturated rings. The van der Waals surface area contributed by atoms with E-state index in [1.165, 1.54) is 0 Å². The fourth-order valence-corrected chi connectivity index (χ4v) is 1.85. The minimum atomic E-state index is -0.564. The van der Waals surface area contributed by atoms with Crippen molar-refractivity contribution in [2.24, 2.45) is 0 Å². The zero-order valence-corrected chi connectivity index (χ0v) is 11.0. The molecule has 4 heteroatoms. The van der Waals surface area contributed by atoms with Gasteiger partial charge in [-0.1, -0.05) is 48.5 Å². The molecule has 2 rings (SSSR count). The van der Waals surface area contributed by atoms with Crippen molar-refractivity contribution < 1.29 is 14.6 Å². The number of amides is 1. The van der Waals surface area contributed by atoms with Crippen LogP contribution in [0.25, 0.3) is 0 Å². The number of para-hydroxylation sites is 1. The van der Waals surface area contributed by atoms with Gasteiger partial charge >= 0.3 is 6.09 Å². The molecular formula is C16H17NO3. The molecular weight excluding hydrogens is 254 g/mol. The van der Waals surface area contributed by atoms with Gasteiger partial charge in [0.2, 0.25) is 0 Å². The summed E-state index contributed by atoms with van der Waals surface area (Å²) in [5.41, 5.74) is 1.05. The summed E-state index contributed by atoms with van der Waals surface area (Å²) in [4.78, 5) is 11.7. The molecule has 0 heterocycles. The summed E-state index contributed by atoms with van der Waals surface area (Å²) < 4.78 is 5.12. The van der Waals surface area contributed by atoms with Crippen LogP contribution in [-0.4, -0.2) is 23.8 Å². The van der Waals surface area contributed by atoms with Crippen molar-refractivity contribution in [1.82, 2.24) is 5.32 Å². The lowest BCUT2D eigenvalue weighted by atomic mass is 10.1. The number of benzene rings is 2. The Morgan fingerprint density at radius 2 is 1.65 bits per heavy atom. The number of carbonyl (C=O) groups excluding carboxylic acids is 1. The number of nitrogens with one attached hydrogen (secondary N) is 1. The average Bonchev–Trinajstić information content (AvgIpc) is 2.48. The Labute approximate surface area is 118 Å². The Balaban J connectivity index is 1.88. The highest BCUT2D eigenvalue weighted by Crippen LogP contribution is 2.09. The van der Waals surface area contributed by atoms with E-state index in [4.69, 9.17) is 4.74 Å². The van der Waals surface area contributed by atoms with Crippen LogP contribution in [0.4, 0.5) is 4.79 Å².